The Bertz CT molecular complexity index is 870. The Morgan fingerprint density at radius 1 is 1.00 bits per heavy atom. The minimum Gasteiger partial charge on any atom is -0.496 e. The van der Waals surface area contributed by atoms with Gasteiger partial charge < -0.3 is 30.2 Å². The Morgan fingerprint density at radius 2 is 1.70 bits per heavy atom. The Balaban J connectivity index is 0.00000544. The summed E-state index contributed by atoms with van der Waals surface area (Å²) in [6.45, 7) is 4.68. The first-order valence-corrected chi connectivity index (χ1v) is 10.8. The second kappa shape index (κ2) is 16.0. The van der Waals surface area contributed by atoms with E-state index in [-0.39, 0.29) is 29.9 Å². The van der Waals surface area contributed by atoms with Crippen LogP contribution in [0.4, 0.5) is 0 Å². The molecule has 3 N–H and O–H groups in total. The second-order valence-corrected chi connectivity index (χ2v) is 6.97. The third-order valence-corrected chi connectivity index (χ3v) is 4.63. The number of hydrogen-bond donors (Lipinski definition) is 3. The molecule has 0 radical (unpaired) electrons. The van der Waals surface area contributed by atoms with Crippen molar-refractivity contribution in [2.45, 2.75) is 19.8 Å². The summed E-state index contributed by atoms with van der Waals surface area (Å²) in [5.41, 5.74) is 1.76. The molecule has 0 aromatic heterocycles. The van der Waals surface area contributed by atoms with Gasteiger partial charge in [-0.1, -0.05) is 12.1 Å². The molecule has 0 unspecified atom stereocenters. The van der Waals surface area contributed by atoms with Gasteiger partial charge in [-0.25, -0.2) is 0 Å². The molecule has 0 spiro atoms. The van der Waals surface area contributed by atoms with Crippen molar-refractivity contribution >= 4 is 35.8 Å². The van der Waals surface area contributed by atoms with Gasteiger partial charge in [-0.3, -0.25) is 9.79 Å². The number of nitrogens with zero attached hydrogens (tertiary/aromatic N) is 1. The van der Waals surface area contributed by atoms with Crippen LogP contribution in [0.5, 0.6) is 17.2 Å². The zero-order valence-electron chi connectivity index (χ0n) is 19.8. The van der Waals surface area contributed by atoms with Crippen molar-refractivity contribution in [1.29, 1.82) is 0 Å². The first kappa shape index (κ1) is 28.3. The number of ether oxygens (including phenoxy) is 3. The molecule has 0 aliphatic rings. The summed E-state index contributed by atoms with van der Waals surface area (Å²) < 4.78 is 16.3. The van der Waals surface area contributed by atoms with Gasteiger partial charge in [0.1, 0.15) is 17.2 Å². The number of methoxy groups -OCH3 is 2. The number of benzene rings is 2. The summed E-state index contributed by atoms with van der Waals surface area (Å²) in [7, 11) is 4.86. The maximum Gasteiger partial charge on any atom is 0.251 e. The van der Waals surface area contributed by atoms with Crippen LogP contribution in [0.25, 0.3) is 0 Å². The third-order valence-electron chi connectivity index (χ3n) is 4.63. The monoisotopic (exact) mass is 570 g/mol. The van der Waals surface area contributed by atoms with Crippen molar-refractivity contribution in [3.63, 3.8) is 0 Å². The van der Waals surface area contributed by atoms with Crippen LogP contribution in [0, 0.1) is 0 Å². The maximum atomic E-state index is 11.8. The minimum atomic E-state index is -0.0793. The maximum absolute atomic E-state index is 11.8. The Hall–Kier alpha value is -2.69. The molecule has 2 aromatic carbocycles. The topological polar surface area (TPSA) is 93.2 Å². The molecule has 1 amide bonds. The van der Waals surface area contributed by atoms with E-state index in [1.54, 1.807) is 27.3 Å². The summed E-state index contributed by atoms with van der Waals surface area (Å²) in [6, 6.07) is 13.1. The van der Waals surface area contributed by atoms with Gasteiger partial charge in [-0.2, -0.15) is 0 Å². The number of rotatable bonds is 12. The van der Waals surface area contributed by atoms with E-state index < -0.39 is 0 Å². The molecule has 0 heterocycles. The number of nitrogens with one attached hydrogen (secondary N) is 3. The van der Waals surface area contributed by atoms with Crippen molar-refractivity contribution in [3.05, 3.63) is 53.6 Å². The fraction of sp³-hybridized carbons (Fsp3) is 0.417. The molecule has 0 saturated carbocycles. The standard InChI is InChI=1S/C24H34N4O4.HI/c1-5-26-24(28-12-10-18-8-6-9-19(14-18)23(29)25-2)27-11-7-13-32-22-16-20(30-3)15-21(17-22)31-4;/h6,8-9,14-17H,5,7,10-13H2,1-4H3,(H,25,29)(H2,26,27,28);1H. The molecule has 0 saturated heterocycles. The molecular weight excluding hydrogens is 535 g/mol. The number of amides is 1. The number of aliphatic imine (C=N–C) groups is 1. The van der Waals surface area contributed by atoms with E-state index in [0.29, 0.717) is 42.5 Å². The largest absolute Gasteiger partial charge is 0.496 e. The molecule has 0 fully saturated rings. The lowest BCUT2D eigenvalue weighted by atomic mass is 10.1. The van der Waals surface area contributed by atoms with Gasteiger partial charge in [-0.15, -0.1) is 24.0 Å². The zero-order valence-corrected chi connectivity index (χ0v) is 22.1. The van der Waals surface area contributed by atoms with Crippen molar-refractivity contribution in [3.8, 4) is 17.2 Å². The summed E-state index contributed by atoms with van der Waals surface area (Å²) in [6.07, 6.45) is 1.56. The van der Waals surface area contributed by atoms with Crippen LogP contribution in [0.3, 0.4) is 0 Å². The molecule has 33 heavy (non-hydrogen) atoms. The Labute approximate surface area is 213 Å². The molecule has 0 aliphatic carbocycles. The number of halogens is 1. The fourth-order valence-electron chi connectivity index (χ4n) is 2.99. The second-order valence-electron chi connectivity index (χ2n) is 6.97. The van der Waals surface area contributed by atoms with Gasteiger partial charge in [0.25, 0.3) is 5.91 Å². The highest BCUT2D eigenvalue weighted by molar-refractivity contribution is 14.0. The molecule has 182 valence electrons. The lowest BCUT2D eigenvalue weighted by Gasteiger charge is -2.12. The first-order valence-electron chi connectivity index (χ1n) is 10.8. The first-order chi connectivity index (χ1) is 15.6. The summed E-state index contributed by atoms with van der Waals surface area (Å²) in [5, 5.41) is 9.23. The van der Waals surface area contributed by atoms with E-state index >= 15 is 0 Å². The molecule has 9 heteroatoms. The lowest BCUT2D eigenvalue weighted by molar-refractivity contribution is 0.0963. The van der Waals surface area contributed by atoms with Crippen molar-refractivity contribution in [1.82, 2.24) is 16.0 Å². The van der Waals surface area contributed by atoms with Crippen LogP contribution >= 0.6 is 24.0 Å². The predicted molar refractivity (Wildman–Crippen MR) is 143 cm³/mol. The Morgan fingerprint density at radius 3 is 2.33 bits per heavy atom. The van der Waals surface area contributed by atoms with E-state index in [2.05, 4.69) is 20.9 Å². The molecule has 0 aliphatic heterocycles. The lowest BCUT2D eigenvalue weighted by Crippen LogP contribution is -2.38. The average molecular weight is 570 g/mol. The van der Waals surface area contributed by atoms with Crippen LogP contribution in [-0.4, -0.2) is 59.4 Å². The molecule has 2 rings (SSSR count). The highest BCUT2D eigenvalue weighted by atomic mass is 127. The number of guanidine groups is 1. The van der Waals surface area contributed by atoms with Crippen LogP contribution in [0.1, 0.15) is 29.3 Å². The van der Waals surface area contributed by atoms with Gasteiger partial charge in [0.2, 0.25) is 0 Å². The van der Waals surface area contributed by atoms with Gasteiger partial charge in [0.05, 0.1) is 20.8 Å². The van der Waals surface area contributed by atoms with Gasteiger partial charge in [0, 0.05) is 56.9 Å². The molecule has 2 aromatic rings. The van der Waals surface area contributed by atoms with Crippen molar-refractivity contribution < 1.29 is 19.0 Å². The highest BCUT2D eigenvalue weighted by Gasteiger charge is 2.05. The van der Waals surface area contributed by atoms with E-state index in [9.17, 15) is 4.79 Å². The van der Waals surface area contributed by atoms with Crippen LogP contribution in [0.2, 0.25) is 0 Å². The highest BCUT2D eigenvalue weighted by Crippen LogP contribution is 2.27. The summed E-state index contributed by atoms with van der Waals surface area (Å²) in [5.74, 6) is 2.77. The fourth-order valence-corrected chi connectivity index (χ4v) is 2.99. The summed E-state index contributed by atoms with van der Waals surface area (Å²) in [4.78, 5) is 16.4. The molecule has 0 atom stereocenters. The number of carbonyl (C=O) groups excluding carboxylic acids is 1. The van der Waals surface area contributed by atoms with E-state index in [1.165, 1.54) is 0 Å². The molecular formula is C24H35IN4O4. The smallest absolute Gasteiger partial charge is 0.251 e. The van der Waals surface area contributed by atoms with E-state index in [0.717, 1.165) is 30.9 Å². The number of hydrogen-bond acceptors (Lipinski definition) is 5. The van der Waals surface area contributed by atoms with Crippen molar-refractivity contribution in [2.24, 2.45) is 4.99 Å². The average Bonchev–Trinajstić information content (AvgIpc) is 2.83. The minimum absolute atomic E-state index is 0. The predicted octanol–water partition coefficient (Wildman–Crippen LogP) is 3.25. The SMILES string of the molecule is CCNC(=NCCCOc1cc(OC)cc(OC)c1)NCCc1cccc(C(=O)NC)c1.I. The quantitative estimate of drug-likeness (QED) is 0.157. The number of carbonyl (C=O) groups is 1. The van der Waals surface area contributed by atoms with Crippen LogP contribution < -0.4 is 30.2 Å². The van der Waals surface area contributed by atoms with E-state index in [4.69, 9.17) is 14.2 Å². The van der Waals surface area contributed by atoms with Crippen LogP contribution in [0.15, 0.2) is 47.5 Å². The van der Waals surface area contributed by atoms with Crippen LogP contribution in [-0.2, 0) is 6.42 Å². The van der Waals surface area contributed by atoms with Crippen molar-refractivity contribution in [2.75, 3.05) is 47.5 Å². The van der Waals surface area contributed by atoms with Gasteiger partial charge >= 0.3 is 0 Å². The normalized spacial score (nSPS) is 10.6. The summed E-state index contributed by atoms with van der Waals surface area (Å²) >= 11 is 0. The molecule has 0 bridgehead atoms. The Kier molecular flexibility index (Phi) is 13.7. The third kappa shape index (κ3) is 10.2. The zero-order chi connectivity index (χ0) is 23.2. The molecule has 8 nitrogen and oxygen atoms in total. The van der Waals surface area contributed by atoms with Gasteiger partial charge in [0.15, 0.2) is 5.96 Å². The van der Waals surface area contributed by atoms with Gasteiger partial charge in [-0.05, 0) is 31.0 Å². The van der Waals surface area contributed by atoms with E-state index in [1.807, 2.05) is 43.3 Å².